The third-order valence-electron chi connectivity index (χ3n) is 2.65. The number of esters is 1. The lowest BCUT2D eigenvalue weighted by atomic mass is 10.1. The minimum atomic E-state index is -1.54. The standard InChI is InChI=1S/C15H18Cl4O3/c1-10(2)22-13-5-3-4-11(6-13)9-21-14(20)12(8-16)7-15(17,18)19/h3-6,10,12H,7-9H2,1-2H3. The Hall–Kier alpha value is -0.350. The molecule has 0 saturated heterocycles. The second-order valence-corrected chi connectivity index (χ2v) is 7.92. The molecule has 0 spiro atoms. The molecule has 1 rings (SSSR count). The van der Waals surface area contributed by atoms with E-state index in [1.54, 1.807) is 0 Å². The van der Waals surface area contributed by atoms with Gasteiger partial charge >= 0.3 is 5.97 Å². The Bertz CT molecular complexity index is 486. The molecule has 7 heteroatoms. The Morgan fingerprint density at radius 1 is 1.27 bits per heavy atom. The van der Waals surface area contributed by atoms with Gasteiger partial charge in [-0.15, -0.1) is 11.6 Å². The van der Waals surface area contributed by atoms with Crippen molar-refractivity contribution in [2.45, 2.75) is 36.8 Å². The van der Waals surface area contributed by atoms with E-state index < -0.39 is 15.7 Å². The number of carbonyl (C=O) groups is 1. The van der Waals surface area contributed by atoms with Crippen LogP contribution in [0.3, 0.4) is 0 Å². The third kappa shape index (κ3) is 7.77. The smallest absolute Gasteiger partial charge is 0.310 e. The number of halogens is 4. The van der Waals surface area contributed by atoms with Crippen molar-refractivity contribution in [3.63, 3.8) is 0 Å². The van der Waals surface area contributed by atoms with E-state index in [9.17, 15) is 4.79 Å². The zero-order valence-corrected chi connectivity index (χ0v) is 15.3. The second kappa shape index (κ2) is 9.07. The van der Waals surface area contributed by atoms with Crippen LogP contribution in [0.25, 0.3) is 0 Å². The van der Waals surface area contributed by atoms with Gasteiger partial charge in [-0.2, -0.15) is 0 Å². The fraction of sp³-hybridized carbons (Fsp3) is 0.533. The van der Waals surface area contributed by atoms with Crippen molar-refractivity contribution in [2.75, 3.05) is 5.88 Å². The molecule has 1 aromatic carbocycles. The second-order valence-electron chi connectivity index (χ2n) is 5.09. The summed E-state index contributed by atoms with van der Waals surface area (Å²) in [5.74, 6) is -0.400. The van der Waals surface area contributed by atoms with Gasteiger partial charge in [-0.3, -0.25) is 4.79 Å². The molecule has 22 heavy (non-hydrogen) atoms. The van der Waals surface area contributed by atoms with Crippen molar-refractivity contribution in [2.24, 2.45) is 5.92 Å². The van der Waals surface area contributed by atoms with Gasteiger partial charge in [0.05, 0.1) is 12.0 Å². The highest BCUT2D eigenvalue weighted by atomic mass is 35.6. The summed E-state index contributed by atoms with van der Waals surface area (Å²) in [7, 11) is 0. The van der Waals surface area contributed by atoms with Gasteiger partial charge in [0.2, 0.25) is 0 Å². The first-order chi connectivity index (χ1) is 10.2. The van der Waals surface area contributed by atoms with Crippen molar-refractivity contribution in [1.29, 1.82) is 0 Å². The quantitative estimate of drug-likeness (QED) is 0.480. The lowest BCUT2D eigenvalue weighted by Gasteiger charge is -2.18. The maximum Gasteiger partial charge on any atom is 0.310 e. The van der Waals surface area contributed by atoms with Gasteiger partial charge in [0.1, 0.15) is 12.4 Å². The third-order valence-corrected chi connectivity index (χ3v) is 3.48. The highest BCUT2D eigenvalue weighted by Crippen LogP contribution is 2.34. The van der Waals surface area contributed by atoms with Crippen molar-refractivity contribution in [3.8, 4) is 5.75 Å². The van der Waals surface area contributed by atoms with Crippen LogP contribution in [-0.2, 0) is 16.1 Å². The van der Waals surface area contributed by atoms with Crippen molar-refractivity contribution in [3.05, 3.63) is 29.8 Å². The van der Waals surface area contributed by atoms with Gasteiger partial charge in [0.25, 0.3) is 0 Å². The van der Waals surface area contributed by atoms with Gasteiger partial charge in [-0.1, -0.05) is 46.9 Å². The summed E-state index contributed by atoms with van der Waals surface area (Å²) < 4.78 is 9.28. The van der Waals surface area contributed by atoms with Crippen LogP contribution in [0, 0.1) is 5.92 Å². The minimum Gasteiger partial charge on any atom is -0.491 e. The molecule has 0 amide bonds. The molecule has 0 bridgehead atoms. The molecule has 0 N–H and O–H groups in total. The van der Waals surface area contributed by atoms with Crippen LogP contribution in [0.1, 0.15) is 25.8 Å². The lowest BCUT2D eigenvalue weighted by molar-refractivity contribution is -0.149. The predicted molar refractivity (Wildman–Crippen MR) is 91.1 cm³/mol. The fourth-order valence-corrected chi connectivity index (χ4v) is 2.53. The van der Waals surface area contributed by atoms with E-state index in [0.29, 0.717) is 0 Å². The Kier molecular flexibility index (Phi) is 8.12. The number of ether oxygens (including phenoxy) is 2. The molecule has 0 aliphatic carbocycles. The zero-order chi connectivity index (χ0) is 16.8. The molecule has 0 radical (unpaired) electrons. The molecule has 0 heterocycles. The number of rotatable bonds is 7. The van der Waals surface area contributed by atoms with Gasteiger partial charge in [-0.25, -0.2) is 0 Å². The molecule has 1 aromatic rings. The van der Waals surface area contributed by atoms with E-state index in [2.05, 4.69) is 0 Å². The number of alkyl halides is 4. The molecular formula is C15H18Cl4O3. The molecule has 0 saturated carbocycles. The van der Waals surface area contributed by atoms with Crippen LogP contribution in [0.2, 0.25) is 0 Å². The molecule has 1 unspecified atom stereocenters. The van der Waals surface area contributed by atoms with Gasteiger partial charge in [-0.05, 0) is 31.5 Å². The molecule has 0 aromatic heterocycles. The summed E-state index contributed by atoms with van der Waals surface area (Å²) in [6, 6.07) is 7.33. The van der Waals surface area contributed by atoms with Crippen LogP contribution < -0.4 is 4.74 Å². The Labute approximate surface area is 150 Å². The Morgan fingerprint density at radius 3 is 2.50 bits per heavy atom. The Morgan fingerprint density at radius 2 is 1.95 bits per heavy atom. The highest BCUT2D eigenvalue weighted by molar-refractivity contribution is 6.67. The first-order valence-corrected chi connectivity index (χ1v) is 8.43. The normalized spacial score (nSPS) is 13.0. The van der Waals surface area contributed by atoms with Crippen molar-refractivity contribution < 1.29 is 14.3 Å². The number of hydrogen-bond acceptors (Lipinski definition) is 3. The van der Waals surface area contributed by atoms with Crippen LogP contribution in [0.4, 0.5) is 0 Å². The molecule has 0 aliphatic rings. The Balaban J connectivity index is 2.59. The van der Waals surface area contributed by atoms with Crippen LogP contribution in [-0.4, -0.2) is 21.7 Å². The summed E-state index contributed by atoms with van der Waals surface area (Å²) in [6.07, 6.45) is 0.0824. The van der Waals surface area contributed by atoms with E-state index >= 15 is 0 Å². The highest BCUT2D eigenvalue weighted by Gasteiger charge is 2.30. The van der Waals surface area contributed by atoms with E-state index in [1.165, 1.54) is 0 Å². The van der Waals surface area contributed by atoms with E-state index in [1.807, 2.05) is 38.1 Å². The van der Waals surface area contributed by atoms with E-state index in [0.717, 1.165) is 11.3 Å². The van der Waals surface area contributed by atoms with Gasteiger partial charge in [0, 0.05) is 12.3 Å². The van der Waals surface area contributed by atoms with Crippen molar-refractivity contribution in [1.82, 2.24) is 0 Å². The topological polar surface area (TPSA) is 35.5 Å². The van der Waals surface area contributed by atoms with E-state index in [-0.39, 0.29) is 25.0 Å². The summed E-state index contributed by atoms with van der Waals surface area (Å²) >= 11 is 22.8. The summed E-state index contributed by atoms with van der Waals surface area (Å²) in [6.45, 7) is 3.99. The molecular weight excluding hydrogens is 370 g/mol. The monoisotopic (exact) mass is 386 g/mol. The minimum absolute atomic E-state index is 0.0104. The number of benzene rings is 1. The largest absolute Gasteiger partial charge is 0.491 e. The lowest BCUT2D eigenvalue weighted by Crippen LogP contribution is -2.24. The first-order valence-electron chi connectivity index (χ1n) is 6.76. The van der Waals surface area contributed by atoms with Gasteiger partial charge < -0.3 is 9.47 Å². The van der Waals surface area contributed by atoms with Gasteiger partial charge in [0.15, 0.2) is 3.79 Å². The summed E-state index contributed by atoms with van der Waals surface area (Å²) in [4.78, 5) is 12.0. The number of hydrogen-bond donors (Lipinski definition) is 0. The summed E-state index contributed by atoms with van der Waals surface area (Å²) in [5.41, 5.74) is 0.814. The maximum absolute atomic E-state index is 12.0. The fourth-order valence-electron chi connectivity index (χ4n) is 1.73. The zero-order valence-electron chi connectivity index (χ0n) is 12.3. The summed E-state index contributed by atoms with van der Waals surface area (Å²) in [5, 5.41) is 0. The van der Waals surface area contributed by atoms with Crippen LogP contribution >= 0.6 is 46.4 Å². The number of carbonyl (C=O) groups excluding carboxylic acids is 1. The van der Waals surface area contributed by atoms with Crippen LogP contribution in [0.15, 0.2) is 24.3 Å². The first kappa shape index (κ1) is 19.7. The molecule has 124 valence electrons. The maximum atomic E-state index is 12.0. The molecule has 0 fully saturated rings. The predicted octanol–water partition coefficient (Wildman–Crippen LogP) is 5.13. The van der Waals surface area contributed by atoms with Crippen molar-refractivity contribution >= 4 is 52.4 Å². The van der Waals surface area contributed by atoms with E-state index in [4.69, 9.17) is 55.9 Å². The van der Waals surface area contributed by atoms with Crippen LogP contribution in [0.5, 0.6) is 5.75 Å². The SMILES string of the molecule is CC(C)Oc1cccc(COC(=O)C(CCl)CC(Cl)(Cl)Cl)c1. The molecule has 3 nitrogen and oxygen atoms in total. The average molecular weight is 388 g/mol. The molecule has 1 atom stereocenters. The molecule has 0 aliphatic heterocycles. The average Bonchev–Trinajstić information content (AvgIpc) is 2.41.